The van der Waals surface area contributed by atoms with Crippen LogP contribution in [0.5, 0.6) is 0 Å². The van der Waals surface area contributed by atoms with E-state index in [0.717, 1.165) is 5.69 Å². The van der Waals surface area contributed by atoms with Crippen LogP contribution in [0.1, 0.15) is 5.69 Å². The third-order valence-corrected chi connectivity index (χ3v) is 3.92. The zero-order valence-electron chi connectivity index (χ0n) is 9.30. The lowest BCUT2D eigenvalue weighted by molar-refractivity contribution is 0.581. The summed E-state index contributed by atoms with van der Waals surface area (Å²) < 4.78 is 26.2. The van der Waals surface area contributed by atoms with Gasteiger partial charge in [-0.3, -0.25) is 0 Å². The fraction of sp³-hybridized carbons (Fsp3) is 0.200. The Bertz CT molecular complexity index is 595. The summed E-state index contributed by atoms with van der Waals surface area (Å²) in [5.41, 5.74) is 0.868. The summed E-state index contributed by atoms with van der Waals surface area (Å²) in [6.07, 6.45) is 4.96. The van der Waals surface area contributed by atoms with Gasteiger partial charge in [-0.2, -0.15) is 0 Å². The van der Waals surface area contributed by atoms with Crippen molar-refractivity contribution in [2.45, 2.75) is 11.3 Å². The van der Waals surface area contributed by atoms with Gasteiger partial charge >= 0.3 is 0 Å². The number of nitrogens with zero attached hydrogens (tertiary/aromatic N) is 2. The Morgan fingerprint density at radius 2 is 2.17 bits per heavy atom. The van der Waals surface area contributed by atoms with Gasteiger partial charge in [0.1, 0.15) is 10.0 Å². The first-order valence-corrected chi connectivity index (χ1v) is 7.02. The zero-order valence-corrected chi connectivity index (χ0v) is 10.9. The predicted molar refractivity (Wildman–Crippen MR) is 66.7 cm³/mol. The largest absolute Gasteiger partial charge is 0.348 e. The van der Waals surface area contributed by atoms with Crippen molar-refractivity contribution in [2.75, 3.05) is 6.54 Å². The number of nitrogens with one attached hydrogen (secondary N) is 2. The molecule has 0 fully saturated rings. The Hall–Kier alpha value is -1.44. The van der Waals surface area contributed by atoms with Gasteiger partial charge in [0.15, 0.2) is 0 Å². The molecular weight excluding hydrogens is 276 g/mol. The highest BCUT2D eigenvalue weighted by Gasteiger charge is 2.13. The highest BCUT2D eigenvalue weighted by molar-refractivity contribution is 7.89. The van der Waals surface area contributed by atoms with E-state index in [2.05, 4.69) is 19.7 Å². The monoisotopic (exact) mass is 286 g/mol. The number of H-pyrrole nitrogens is 1. The van der Waals surface area contributed by atoms with Crippen molar-refractivity contribution in [3.63, 3.8) is 0 Å². The molecule has 0 unspecified atom stereocenters. The summed E-state index contributed by atoms with van der Waals surface area (Å²) in [7, 11) is -3.54. The van der Waals surface area contributed by atoms with Crippen LogP contribution < -0.4 is 4.72 Å². The number of rotatable bonds is 5. The first kappa shape index (κ1) is 13.0. The fourth-order valence-electron chi connectivity index (χ4n) is 1.35. The summed E-state index contributed by atoms with van der Waals surface area (Å²) in [5.74, 6) is 0. The average Bonchev–Trinajstić information content (AvgIpc) is 2.82. The smallest absolute Gasteiger partial charge is 0.242 e. The molecule has 0 aromatic carbocycles. The molecule has 6 nitrogen and oxygen atoms in total. The molecule has 0 amide bonds. The summed E-state index contributed by atoms with van der Waals surface area (Å²) in [5, 5.41) is 0.256. The maximum absolute atomic E-state index is 11.9. The Morgan fingerprint density at radius 3 is 2.78 bits per heavy atom. The first-order valence-electron chi connectivity index (χ1n) is 5.16. The van der Waals surface area contributed by atoms with Crippen molar-refractivity contribution >= 4 is 21.6 Å². The number of hydrogen-bond donors (Lipinski definition) is 2. The van der Waals surface area contributed by atoms with E-state index < -0.39 is 10.0 Å². The summed E-state index contributed by atoms with van der Waals surface area (Å²) >= 11 is 5.60. The molecule has 0 saturated heterocycles. The lowest BCUT2D eigenvalue weighted by Gasteiger charge is -2.05. The van der Waals surface area contributed by atoms with Gasteiger partial charge in [0, 0.05) is 31.1 Å². The maximum atomic E-state index is 11.9. The molecule has 0 bridgehead atoms. The van der Waals surface area contributed by atoms with Gasteiger partial charge in [0.25, 0.3) is 0 Å². The molecule has 0 spiro atoms. The highest BCUT2D eigenvalue weighted by atomic mass is 35.5. The van der Waals surface area contributed by atoms with Crippen LogP contribution in [-0.2, 0) is 16.4 Å². The Balaban J connectivity index is 1.97. The molecule has 2 N–H and O–H groups in total. The van der Waals surface area contributed by atoms with Crippen LogP contribution in [0, 0.1) is 0 Å². The van der Waals surface area contributed by atoms with Gasteiger partial charge in [-0.25, -0.2) is 23.1 Å². The van der Waals surface area contributed by atoms with Gasteiger partial charge in [0.05, 0.1) is 6.33 Å². The summed E-state index contributed by atoms with van der Waals surface area (Å²) in [4.78, 5) is 10.6. The summed E-state index contributed by atoms with van der Waals surface area (Å²) in [6.45, 7) is 0.285. The van der Waals surface area contributed by atoms with Crippen LogP contribution in [0.4, 0.5) is 0 Å². The standard InChI is InChI=1S/C10H11ClN4O2S/c11-10-2-1-9(6-13-10)18(16,17)15-4-3-8-5-12-7-14-8/h1-2,5-7,15H,3-4H2,(H,12,14). The highest BCUT2D eigenvalue weighted by Crippen LogP contribution is 2.10. The van der Waals surface area contributed by atoms with Crippen molar-refractivity contribution in [2.24, 2.45) is 0 Å². The molecule has 2 aromatic rings. The lowest BCUT2D eigenvalue weighted by atomic mass is 10.3. The second kappa shape index (κ2) is 5.47. The van der Waals surface area contributed by atoms with Gasteiger partial charge < -0.3 is 4.98 Å². The van der Waals surface area contributed by atoms with Crippen molar-refractivity contribution in [1.82, 2.24) is 19.7 Å². The first-order chi connectivity index (χ1) is 8.58. The average molecular weight is 287 g/mol. The Kier molecular flexibility index (Phi) is 3.95. The minimum Gasteiger partial charge on any atom is -0.348 e. The van der Waals surface area contributed by atoms with E-state index in [9.17, 15) is 8.42 Å². The maximum Gasteiger partial charge on any atom is 0.242 e. The molecule has 96 valence electrons. The third kappa shape index (κ3) is 3.28. The molecule has 0 saturated carbocycles. The minimum absolute atomic E-state index is 0.0940. The van der Waals surface area contributed by atoms with Crippen LogP contribution in [0.25, 0.3) is 0 Å². The van der Waals surface area contributed by atoms with E-state index in [-0.39, 0.29) is 16.6 Å². The normalized spacial score (nSPS) is 11.6. The second-order valence-corrected chi connectivity index (χ2v) is 5.70. The van der Waals surface area contributed by atoms with Crippen LogP contribution in [0.15, 0.2) is 35.7 Å². The number of aromatic amines is 1. The van der Waals surface area contributed by atoms with E-state index in [1.807, 2.05) is 0 Å². The number of aromatic nitrogens is 3. The van der Waals surface area contributed by atoms with Crippen molar-refractivity contribution < 1.29 is 8.42 Å². The van der Waals surface area contributed by atoms with Crippen LogP contribution in [-0.4, -0.2) is 29.9 Å². The number of hydrogen-bond acceptors (Lipinski definition) is 4. The number of imidazole rings is 1. The van der Waals surface area contributed by atoms with Gasteiger partial charge in [-0.05, 0) is 12.1 Å². The number of halogens is 1. The molecule has 2 rings (SSSR count). The van der Waals surface area contributed by atoms with Crippen molar-refractivity contribution in [3.8, 4) is 0 Å². The topological polar surface area (TPSA) is 87.7 Å². The molecule has 2 heterocycles. The minimum atomic E-state index is -3.54. The Labute approximate surface area is 109 Å². The Morgan fingerprint density at radius 1 is 1.33 bits per heavy atom. The fourth-order valence-corrected chi connectivity index (χ4v) is 2.43. The SMILES string of the molecule is O=S(=O)(NCCc1cnc[nH]1)c1ccc(Cl)nc1. The van der Waals surface area contributed by atoms with Gasteiger partial charge in [-0.1, -0.05) is 11.6 Å². The molecule has 18 heavy (non-hydrogen) atoms. The number of pyridine rings is 1. The third-order valence-electron chi connectivity index (χ3n) is 2.25. The molecule has 0 aliphatic carbocycles. The quantitative estimate of drug-likeness (QED) is 0.802. The van der Waals surface area contributed by atoms with Crippen LogP contribution in [0.3, 0.4) is 0 Å². The van der Waals surface area contributed by atoms with E-state index in [4.69, 9.17) is 11.6 Å². The van der Waals surface area contributed by atoms with Crippen LogP contribution >= 0.6 is 11.6 Å². The molecule has 0 aliphatic heterocycles. The molecule has 0 atom stereocenters. The number of sulfonamides is 1. The second-order valence-electron chi connectivity index (χ2n) is 3.54. The molecule has 0 radical (unpaired) electrons. The molecule has 2 aromatic heterocycles. The molecule has 8 heteroatoms. The lowest BCUT2D eigenvalue weighted by Crippen LogP contribution is -2.26. The van der Waals surface area contributed by atoms with Crippen LogP contribution in [0.2, 0.25) is 5.15 Å². The van der Waals surface area contributed by atoms with Gasteiger partial charge in [-0.15, -0.1) is 0 Å². The summed E-state index contributed by atoms with van der Waals surface area (Å²) in [6, 6.07) is 2.85. The zero-order chi connectivity index (χ0) is 13.0. The van der Waals surface area contributed by atoms with Crippen molar-refractivity contribution in [1.29, 1.82) is 0 Å². The predicted octanol–water partition coefficient (Wildman–Crippen LogP) is 0.979. The van der Waals surface area contributed by atoms with E-state index in [1.54, 1.807) is 12.5 Å². The molecule has 0 aliphatic rings. The van der Waals surface area contributed by atoms with Gasteiger partial charge in [0.2, 0.25) is 10.0 Å². The van der Waals surface area contributed by atoms with E-state index in [0.29, 0.717) is 6.42 Å². The van der Waals surface area contributed by atoms with Crippen molar-refractivity contribution in [3.05, 3.63) is 41.7 Å². The van der Waals surface area contributed by atoms with E-state index in [1.165, 1.54) is 18.3 Å². The molecular formula is C10H11ClN4O2S. The van der Waals surface area contributed by atoms with E-state index >= 15 is 0 Å².